The van der Waals surface area contributed by atoms with Gasteiger partial charge in [0.2, 0.25) is 5.91 Å². The van der Waals surface area contributed by atoms with Crippen LogP contribution in [0.5, 0.6) is 0 Å². The monoisotopic (exact) mass is 569 g/mol. The van der Waals surface area contributed by atoms with E-state index < -0.39 is 29.3 Å². The Labute approximate surface area is 247 Å². The molecule has 3 unspecified atom stereocenters. The average molecular weight is 570 g/mol. The molecule has 3 aliphatic rings. The van der Waals surface area contributed by atoms with E-state index in [0.29, 0.717) is 43.1 Å². The number of aryl methyl sites for hydroxylation is 2. The number of nitrogens with zero attached hydrogens (tertiary/aromatic N) is 1. The minimum absolute atomic E-state index is 0.0592. The molecule has 1 aliphatic heterocycles. The van der Waals surface area contributed by atoms with Crippen molar-refractivity contribution in [3.05, 3.63) is 94.3 Å². The van der Waals surface area contributed by atoms with Gasteiger partial charge in [-0.2, -0.15) is 0 Å². The molecule has 6 rings (SSSR count). The van der Waals surface area contributed by atoms with Crippen LogP contribution in [0.2, 0.25) is 0 Å². The highest BCUT2D eigenvalue weighted by atomic mass is 19.1. The largest absolute Gasteiger partial charge is 0.385 e. The summed E-state index contributed by atoms with van der Waals surface area (Å²) in [5.74, 6) is -1.66. The summed E-state index contributed by atoms with van der Waals surface area (Å²) in [4.78, 5) is 29.6. The fourth-order valence-corrected chi connectivity index (χ4v) is 7.16. The van der Waals surface area contributed by atoms with Crippen molar-refractivity contribution in [2.24, 2.45) is 5.92 Å². The summed E-state index contributed by atoms with van der Waals surface area (Å²) in [6, 6.07) is 18.3. The van der Waals surface area contributed by atoms with E-state index in [1.165, 1.54) is 18.9 Å². The van der Waals surface area contributed by atoms with Gasteiger partial charge in [0.1, 0.15) is 5.82 Å². The predicted molar refractivity (Wildman–Crippen MR) is 163 cm³/mol. The molecule has 42 heavy (non-hydrogen) atoms. The molecule has 1 saturated heterocycles. The molecule has 2 fully saturated rings. The molecule has 0 aromatic heterocycles. The number of fused-ring (bicyclic) bond motifs is 1. The maximum absolute atomic E-state index is 15.0. The molecule has 3 atom stereocenters. The van der Waals surface area contributed by atoms with Crippen LogP contribution in [-0.4, -0.2) is 34.4 Å². The first kappa shape index (κ1) is 28.4. The van der Waals surface area contributed by atoms with Crippen molar-refractivity contribution in [3.8, 4) is 0 Å². The Hall–Kier alpha value is -3.71. The summed E-state index contributed by atoms with van der Waals surface area (Å²) in [5.41, 5.74) is 4.16. The Bertz CT molecular complexity index is 1460. The minimum atomic E-state index is -0.918. The van der Waals surface area contributed by atoms with Crippen LogP contribution in [0, 0.1) is 18.7 Å². The smallest absolute Gasteiger partial charge is 0.257 e. The Kier molecular flexibility index (Phi) is 7.79. The van der Waals surface area contributed by atoms with Crippen LogP contribution >= 0.6 is 0 Å². The summed E-state index contributed by atoms with van der Waals surface area (Å²) < 4.78 is 15.0. The molecule has 3 N–H and O–H groups in total. The number of aliphatic hydroxyl groups is 1. The number of hydrogen-bond donors (Lipinski definition) is 3. The molecule has 0 radical (unpaired) electrons. The molecule has 3 aromatic rings. The standard InChI is InChI=1S/C35H40FN3O3/c1-22-7-5-11-30(36)31(22)34(41)39-20-6-10-28(32(39)24-13-15-26(16-14-24)37-25-8-3-4-9-25)33(40)38-27-17-12-23-18-19-35(2,42)29(23)21-27/h5,7,11-17,21,25,28,32,37,42H,3-4,6,8-10,18-20H2,1-2H3,(H,38,40). The van der Waals surface area contributed by atoms with E-state index >= 15 is 0 Å². The summed E-state index contributed by atoms with van der Waals surface area (Å²) in [7, 11) is 0. The molecule has 0 spiro atoms. The third kappa shape index (κ3) is 5.54. The number of piperidine rings is 1. The summed E-state index contributed by atoms with van der Waals surface area (Å²) in [5, 5.41) is 17.5. The number of nitrogens with one attached hydrogen (secondary N) is 2. The zero-order chi connectivity index (χ0) is 29.4. The topological polar surface area (TPSA) is 81.7 Å². The van der Waals surface area contributed by atoms with Crippen molar-refractivity contribution in [3.63, 3.8) is 0 Å². The molecule has 1 heterocycles. The lowest BCUT2D eigenvalue weighted by molar-refractivity contribution is -0.123. The van der Waals surface area contributed by atoms with Crippen LogP contribution in [-0.2, 0) is 16.8 Å². The number of carbonyl (C=O) groups is 2. The van der Waals surface area contributed by atoms with E-state index in [2.05, 4.69) is 10.6 Å². The second kappa shape index (κ2) is 11.5. The lowest BCUT2D eigenvalue weighted by Gasteiger charge is -2.41. The van der Waals surface area contributed by atoms with E-state index in [1.807, 2.05) is 42.5 Å². The lowest BCUT2D eigenvalue weighted by Crippen LogP contribution is -2.46. The van der Waals surface area contributed by atoms with Crippen LogP contribution in [0.1, 0.15) is 90.5 Å². The number of likely N-dealkylation sites (tertiary alicyclic amines) is 1. The first-order valence-electron chi connectivity index (χ1n) is 15.3. The summed E-state index contributed by atoms with van der Waals surface area (Å²) >= 11 is 0. The van der Waals surface area contributed by atoms with Crippen molar-refractivity contribution in [2.75, 3.05) is 17.2 Å². The molecule has 7 heteroatoms. The van der Waals surface area contributed by atoms with E-state index in [4.69, 9.17) is 0 Å². The Morgan fingerprint density at radius 2 is 1.71 bits per heavy atom. The average Bonchev–Trinajstić information content (AvgIpc) is 3.60. The number of halogens is 1. The van der Waals surface area contributed by atoms with E-state index in [9.17, 15) is 19.1 Å². The van der Waals surface area contributed by atoms with Gasteiger partial charge in [-0.1, -0.05) is 43.2 Å². The van der Waals surface area contributed by atoms with Gasteiger partial charge in [-0.15, -0.1) is 0 Å². The maximum Gasteiger partial charge on any atom is 0.257 e. The number of carbonyl (C=O) groups excluding carboxylic acids is 2. The molecule has 2 aliphatic carbocycles. The molecule has 0 bridgehead atoms. The molecule has 2 amide bonds. The predicted octanol–water partition coefficient (Wildman–Crippen LogP) is 6.87. The van der Waals surface area contributed by atoms with Crippen LogP contribution in [0.3, 0.4) is 0 Å². The molecular formula is C35H40FN3O3. The molecule has 1 saturated carbocycles. The maximum atomic E-state index is 15.0. The van der Waals surface area contributed by atoms with Crippen LogP contribution in [0.4, 0.5) is 15.8 Å². The fraction of sp³-hybridized carbons (Fsp3) is 0.429. The number of anilines is 2. The van der Waals surface area contributed by atoms with Crippen molar-refractivity contribution in [1.29, 1.82) is 0 Å². The van der Waals surface area contributed by atoms with Gasteiger partial charge in [0.25, 0.3) is 5.91 Å². The first-order chi connectivity index (χ1) is 20.2. The van der Waals surface area contributed by atoms with Gasteiger partial charge >= 0.3 is 0 Å². The highest BCUT2D eigenvalue weighted by molar-refractivity contribution is 5.98. The Morgan fingerprint density at radius 3 is 2.45 bits per heavy atom. The second-order valence-electron chi connectivity index (χ2n) is 12.5. The Balaban J connectivity index is 1.32. The number of amides is 2. The van der Waals surface area contributed by atoms with Gasteiger partial charge in [-0.25, -0.2) is 4.39 Å². The van der Waals surface area contributed by atoms with Gasteiger partial charge in [0, 0.05) is 24.0 Å². The van der Waals surface area contributed by atoms with E-state index in [1.54, 1.807) is 30.9 Å². The Morgan fingerprint density at radius 1 is 0.976 bits per heavy atom. The van der Waals surface area contributed by atoms with E-state index in [-0.39, 0.29) is 11.5 Å². The molecule has 6 nitrogen and oxygen atoms in total. The van der Waals surface area contributed by atoms with Gasteiger partial charge < -0.3 is 20.6 Å². The highest BCUT2D eigenvalue weighted by Gasteiger charge is 2.41. The minimum Gasteiger partial charge on any atom is -0.385 e. The van der Waals surface area contributed by atoms with Crippen molar-refractivity contribution in [1.82, 2.24) is 4.90 Å². The van der Waals surface area contributed by atoms with E-state index in [0.717, 1.165) is 41.6 Å². The number of hydrogen-bond acceptors (Lipinski definition) is 4. The van der Waals surface area contributed by atoms with Crippen LogP contribution in [0.15, 0.2) is 60.7 Å². The first-order valence-corrected chi connectivity index (χ1v) is 15.3. The molecule has 220 valence electrons. The summed E-state index contributed by atoms with van der Waals surface area (Å²) in [6.45, 7) is 3.98. The van der Waals surface area contributed by atoms with Gasteiger partial charge in [-0.05, 0) is 105 Å². The van der Waals surface area contributed by atoms with Gasteiger partial charge in [0.15, 0.2) is 0 Å². The van der Waals surface area contributed by atoms with Crippen LogP contribution < -0.4 is 10.6 Å². The molecular weight excluding hydrogens is 529 g/mol. The lowest BCUT2D eigenvalue weighted by atomic mass is 9.83. The molecule has 3 aromatic carbocycles. The van der Waals surface area contributed by atoms with Gasteiger partial charge in [-0.3, -0.25) is 9.59 Å². The number of rotatable bonds is 6. The highest BCUT2D eigenvalue weighted by Crippen LogP contribution is 2.41. The zero-order valence-electron chi connectivity index (χ0n) is 24.5. The third-order valence-electron chi connectivity index (χ3n) is 9.48. The number of benzene rings is 3. The van der Waals surface area contributed by atoms with Crippen LogP contribution in [0.25, 0.3) is 0 Å². The van der Waals surface area contributed by atoms with Gasteiger partial charge in [0.05, 0.1) is 23.1 Å². The zero-order valence-corrected chi connectivity index (χ0v) is 24.5. The van der Waals surface area contributed by atoms with Crippen molar-refractivity contribution >= 4 is 23.2 Å². The normalized spacial score (nSPS) is 24.0. The second-order valence-corrected chi connectivity index (χ2v) is 12.5. The summed E-state index contributed by atoms with van der Waals surface area (Å²) in [6.07, 6.45) is 7.49. The fourth-order valence-electron chi connectivity index (χ4n) is 7.16. The van der Waals surface area contributed by atoms with Crippen molar-refractivity contribution in [2.45, 2.75) is 82.9 Å². The quantitative estimate of drug-likeness (QED) is 0.303. The SMILES string of the molecule is Cc1cccc(F)c1C(=O)N1CCCC(C(=O)Nc2ccc3c(c2)C(C)(O)CC3)C1c1ccc(NC2CCCC2)cc1. The third-order valence-corrected chi connectivity index (χ3v) is 9.48. The van der Waals surface area contributed by atoms with Crippen molar-refractivity contribution < 1.29 is 19.1 Å².